The predicted molar refractivity (Wildman–Crippen MR) is 92.2 cm³/mol. The van der Waals surface area contributed by atoms with Crippen LogP contribution in [0.5, 0.6) is 0 Å². The Morgan fingerprint density at radius 1 is 1.25 bits per heavy atom. The second kappa shape index (κ2) is 7.34. The number of aromatic nitrogens is 1. The molecule has 0 atom stereocenters. The molecule has 0 unspecified atom stereocenters. The Labute approximate surface area is 142 Å². The van der Waals surface area contributed by atoms with Gasteiger partial charge >= 0.3 is 0 Å². The van der Waals surface area contributed by atoms with Crippen molar-refractivity contribution in [3.8, 4) is 0 Å². The molecule has 0 spiro atoms. The van der Waals surface area contributed by atoms with Crippen LogP contribution in [0.4, 0.5) is 5.69 Å². The zero-order valence-corrected chi connectivity index (χ0v) is 14.3. The highest BCUT2D eigenvalue weighted by molar-refractivity contribution is 5.46. The van der Waals surface area contributed by atoms with Gasteiger partial charge in [-0.2, -0.15) is 0 Å². The first-order chi connectivity index (χ1) is 11.6. The van der Waals surface area contributed by atoms with E-state index in [1.165, 1.54) is 11.3 Å². The van der Waals surface area contributed by atoms with Gasteiger partial charge < -0.3 is 24.6 Å². The van der Waals surface area contributed by atoms with Gasteiger partial charge in [0.2, 0.25) is 0 Å². The maximum atomic E-state index is 8.96. The third kappa shape index (κ3) is 3.95. The minimum atomic E-state index is -0.0897. The van der Waals surface area contributed by atoms with Crippen LogP contribution in [0.2, 0.25) is 0 Å². The number of anilines is 1. The van der Waals surface area contributed by atoms with Crippen LogP contribution in [0.15, 0.2) is 34.9 Å². The molecule has 0 amide bonds. The lowest BCUT2D eigenvalue weighted by Crippen LogP contribution is -2.61. The average molecular weight is 331 g/mol. The molecule has 1 aliphatic rings. The quantitative estimate of drug-likeness (QED) is 0.761. The molecule has 24 heavy (non-hydrogen) atoms. The van der Waals surface area contributed by atoms with E-state index in [9.17, 15) is 0 Å². The highest BCUT2D eigenvalue weighted by Crippen LogP contribution is 2.23. The lowest BCUT2D eigenvalue weighted by atomic mass is 9.90. The fourth-order valence-corrected chi connectivity index (χ4v) is 2.83. The number of hydrogen-bond donors (Lipinski definition) is 2. The molecule has 130 valence electrons. The Morgan fingerprint density at radius 2 is 2.00 bits per heavy atom. The van der Waals surface area contributed by atoms with Gasteiger partial charge in [-0.1, -0.05) is 17.3 Å². The van der Waals surface area contributed by atoms with Gasteiger partial charge in [0.15, 0.2) is 0 Å². The standard InChI is InChI=1S/C18H25N3O3/c1-21(2)16-5-3-14(4-6-16)11-19-18(12-23-13-18)10-15-9-17(7-8-22)24-20-15/h3-6,9,19,22H,7-8,10-13H2,1-2H3. The molecule has 3 rings (SSSR count). The van der Waals surface area contributed by atoms with Crippen molar-refractivity contribution in [2.45, 2.75) is 24.9 Å². The zero-order chi connectivity index (χ0) is 17.0. The van der Waals surface area contributed by atoms with Crippen LogP contribution in [0.1, 0.15) is 17.0 Å². The van der Waals surface area contributed by atoms with Gasteiger partial charge in [-0.15, -0.1) is 0 Å². The smallest absolute Gasteiger partial charge is 0.139 e. The summed E-state index contributed by atoms with van der Waals surface area (Å²) in [6.45, 7) is 2.21. The number of aliphatic hydroxyl groups is 1. The van der Waals surface area contributed by atoms with Gasteiger partial charge in [0.05, 0.1) is 31.1 Å². The normalized spacial score (nSPS) is 16.0. The van der Waals surface area contributed by atoms with Gasteiger partial charge in [-0.25, -0.2) is 0 Å². The summed E-state index contributed by atoms with van der Waals surface area (Å²) >= 11 is 0. The van der Waals surface area contributed by atoms with Gasteiger partial charge in [-0.05, 0) is 17.7 Å². The first-order valence-electron chi connectivity index (χ1n) is 8.25. The number of benzene rings is 1. The Bertz CT molecular complexity index is 648. The van der Waals surface area contributed by atoms with Gasteiger partial charge in [-0.3, -0.25) is 0 Å². The van der Waals surface area contributed by atoms with Crippen molar-refractivity contribution in [3.63, 3.8) is 0 Å². The van der Waals surface area contributed by atoms with Gasteiger partial charge in [0, 0.05) is 45.2 Å². The third-order valence-electron chi connectivity index (χ3n) is 4.36. The van der Waals surface area contributed by atoms with E-state index < -0.39 is 0 Å². The molecule has 0 aliphatic carbocycles. The topological polar surface area (TPSA) is 70.8 Å². The minimum absolute atomic E-state index is 0.0735. The van der Waals surface area contributed by atoms with E-state index in [0.717, 1.165) is 24.4 Å². The predicted octanol–water partition coefficient (Wildman–Crippen LogP) is 1.38. The first-order valence-corrected chi connectivity index (χ1v) is 8.25. The van der Waals surface area contributed by atoms with Gasteiger partial charge in [0.1, 0.15) is 5.76 Å². The third-order valence-corrected chi connectivity index (χ3v) is 4.36. The molecule has 1 aromatic heterocycles. The maximum Gasteiger partial charge on any atom is 0.139 e. The summed E-state index contributed by atoms with van der Waals surface area (Å²) in [5.74, 6) is 0.724. The molecule has 2 N–H and O–H groups in total. The molecular formula is C18H25N3O3. The Hall–Kier alpha value is -1.89. The monoisotopic (exact) mass is 331 g/mol. The van der Waals surface area contributed by atoms with E-state index >= 15 is 0 Å². The number of aliphatic hydroxyl groups excluding tert-OH is 1. The molecule has 1 saturated heterocycles. The highest BCUT2D eigenvalue weighted by atomic mass is 16.5. The molecule has 0 radical (unpaired) electrons. The number of nitrogens with one attached hydrogen (secondary N) is 1. The van der Waals surface area contributed by atoms with E-state index in [1.54, 1.807) is 0 Å². The lowest BCUT2D eigenvalue weighted by Gasteiger charge is -2.42. The summed E-state index contributed by atoms with van der Waals surface area (Å²) in [5, 5.41) is 16.7. The maximum absolute atomic E-state index is 8.96. The largest absolute Gasteiger partial charge is 0.396 e. The van der Waals surface area contributed by atoms with Crippen molar-refractivity contribution in [3.05, 3.63) is 47.3 Å². The van der Waals surface area contributed by atoms with Crippen molar-refractivity contribution in [1.29, 1.82) is 0 Å². The van der Waals surface area contributed by atoms with Crippen molar-refractivity contribution in [2.24, 2.45) is 0 Å². The number of rotatable bonds is 8. The van der Waals surface area contributed by atoms with Crippen LogP contribution in [0.25, 0.3) is 0 Å². The summed E-state index contributed by atoms with van der Waals surface area (Å²) in [7, 11) is 4.08. The van der Waals surface area contributed by atoms with Crippen LogP contribution in [0.3, 0.4) is 0 Å². The van der Waals surface area contributed by atoms with E-state index in [2.05, 4.69) is 39.6 Å². The van der Waals surface area contributed by atoms with Crippen LogP contribution >= 0.6 is 0 Å². The molecule has 1 fully saturated rings. The molecule has 1 aliphatic heterocycles. The van der Waals surface area contributed by atoms with Crippen molar-refractivity contribution < 1.29 is 14.4 Å². The van der Waals surface area contributed by atoms with E-state index in [-0.39, 0.29) is 12.1 Å². The SMILES string of the molecule is CN(C)c1ccc(CNC2(Cc3cc(CCO)on3)COC2)cc1. The van der Waals surface area contributed by atoms with Crippen molar-refractivity contribution >= 4 is 5.69 Å². The van der Waals surface area contributed by atoms with E-state index in [0.29, 0.717) is 19.6 Å². The van der Waals surface area contributed by atoms with E-state index in [1.807, 2.05) is 20.2 Å². The van der Waals surface area contributed by atoms with Crippen LogP contribution in [-0.4, -0.2) is 49.7 Å². The highest BCUT2D eigenvalue weighted by Gasteiger charge is 2.39. The van der Waals surface area contributed by atoms with Crippen molar-refractivity contribution in [1.82, 2.24) is 10.5 Å². The molecule has 1 aromatic carbocycles. The number of nitrogens with zero attached hydrogens (tertiary/aromatic N) is 2. The molecule has 0 saturated carbocycles. The van der Waals surface area contributed by atoms with Crippen LogP contribution < -0.4 is 10.2 Å². The lowest BCUT2D eigenvalue weighted by molar-refractivity contribution is -0.0755. The summed E-state index contributed by atoms with van der Waals surface area (Å²) in [6.07, 6.45) is 1.26. The molecular weight excluding hydrogens is 306 g/mol. The minimum Gasteiger partial charge on any atom is -0.396 e. The van der Waals surface area contributed by atoms with Crippen LogP contribution in [0, 0.1) is 0 Å². The fraction of sp³-hybridized carbons (Fsp3) is 0.500. The summed E-state index contributed by atoms with van der Waals surface area (Å²) in [4.78, 5) is 2.09. The van der Waals surface area contributed by atoms with Crippen molar-refractivity contribution in [2.75, 3.05) is 38.8 Å². The second-order valence-corrected chi connectivity index (χ2v) is 6.62. The summed E-state index contributed by atoms with van der Waals surface area (Å²) < 4.78 is 10.7. The molecule has 0 bridgehead atoms. The molecule has 2 heterocycles. The number of ether oxygens (including phenoxy) is 1. The summed E-state index contributed by atoms with van der Waals surface area (Å²) in [5.41, 5.74) is 3.25. The van der Waals surface area contributed by atoms with Crippen LogP contribution in [-0.2, 0) is 24.1 Å². The molecule has 6 heteroatoms. The Kier molecular flexibility index (Phi) is 5.18. The zero-order valence-electron chi connectivity index (χ0n) is 14.3. The first kappa shape index (κ1) is 17.0. The fourth-order valence-electron chi connectivity index (χ4n) is 2.83. The summed E-state index contributed by atoms with van der Waals surface area (Å²) in [6, 6.07) is 10.5. The molecule has 6 nitrogen and oxygen atoms in total. The number of hydrogen-bond acceptors (Lipinski definition) is 6. The molecule has 2 aromatic rings. The Morgan fingerprint density at radius 3 is 2.58 bits per heavy atom. The van der Waals surface area contributed by atoms with E-state index in [4.69, 9.17) is 14.4 Å². The average Bonchev–Trinajstić information content (AvgIpc) is 2.97. The Balaban J connectivity index is 1.58. The second-order valence-electron chi connectivity index (χ2n) is 6.62. The van der Waals surface area contributed by atoms with Gasteiger partial charge in [0.25, 0.3) is 0 Å².